The average molecular weight is 291 g/mol. The number of hydrogen-bond donors (Lipinski definition) is 3. The molecule has 1 aromatic carbocycles. The van der Waals surface area contributed by atoms with Crippen LogP contribution in [0.25, 0.3) is 0 Å². The Balaban J connectivity index is 1.57. The van der Waals surface area contributed by atoms with Gasteiger partial charge in [0.25, 0.3) is 0 Å². The van der Waals surface area contributed by atoms with E-state index in [9.17, 15) is 9.59 Å². The van der Waals surface area contributed by atoms with Gasteiger partial charge in [-0.3, -0.25) is 4.79 Å². The van der Waals surface area contributed by atoms with Gasteiger partial charge in [-0.1, -0.05) is 30.3 Å². The summed E-state index contributed by atoms with van der Waals surface area (Å²) in [4.78, 5) is 22.7. The Labute approximate surface area is 124 Å². The molecule has 1 aliphatic rings. The van der Waals surface area contributed by atoms with Crippen molar-refractivity contribution in [3.63, 3.8) is 0 Å². The van der Waals surface area contributed by atoms with Crippen molar-refractivity contribution in [2.24, 2.45) is 0 Å². The second-order valence-electron chi connectivity index (χ2n) is 5.13. The van der Waals surface area contributed by atoms with Crippen molar-refractivity contribution in [2.45, 2.75) is 31.5 Å². The van der Waals surface area contributed by atoms with Gasteiger partial charge in [0, 0.05) is 19.1 Å². The molecule has 0 unspecified atom stereocenters. The highest BCUT2D eigenvalue weighted by Crippen LogP contribution is 2.19. The zero-order valence-electron chi connectivity index (χ0n) is 12.1. The zero-order chi connectivity index (χ0) is 15.1. The highest BCUT2D eigenvalue weighted by Gasteiger charge is 2.30. The SMILES string of the molecule is CNC(=O)CNC1CC(NC(=O)OCc2ccccc2)C1. The standard InChI is InChI=1S/C15H21N3O3/c1-16-14(19)9-17-12-7-13(8-12)18-15(20)21-10-11-5-3-2-4-6-11/h2-6,12-13,17H,7-10H2,1H3,(H,16,19)(H,18,20). The minimum absolute atomic E-state index is 0.0336. The lowest BCUT2D eigenvalue weighted by Crippen LogP contribution is -2.53. The minimum atomic E-state index is -0.395. The summed E-state index contributed by atoms with van der Waals surface area (Å²) in [5.41, 5.74) is 0.964. The number of alkyl carbamates (subject to hydrolysis) is 1. The topological polar surface area (TPSA) is 79.5 Å². The third-order valence-electron chi connectivity index (χ3n) is 3.50. The van der Waals surface area contributed by atoms with Crippen molar-refractivity contribution in [2.75, 3.05) is 13.6 Å². The molecule has 0 saturated heterocycles. The summed E-state index contributed by atoms with van der Waals surface area (Å²) in [6.07, 6.45) is 1.24. The van der Waals surface area contributed by atoms with Crippen LogP contribution >= 0.6 is 0 Å². The lowest BCUT2D eigenvalue weighted by atomic mass is 9.87. The zero-order valence-corrected chi connectivity index (χ0v) is 12.1. The molecule has 0 aliphatic heterocycles. The Morgan fingerprint density at radius 3 is 2.57 bits per heavy atom. The predicted molar refractivity (Wildman–Crippen MR) is 78.6 cm³/mol. The van der Waals surface area contributed by atoms with Gasteiger partial charge >= 0.3 is 6.09 Å². The van der Waals surface area contributed by atoms with Crippen LogP contribution in [0.15, 0.2) is 30.3 Å². The maximum absolute atomic E-state index is 11.6. The van der Waals surface area contributed by atoms with Gasteiger partial charge in [0.2, 0.25) is 5.91 Å². The Kier molecular flexibility index (Phi) is 5.57. The molecule has 0 spiro atoms. The average Bonchev–Trinajstić information content (AvgIpc) is 2.48. The van der Waals surface area contributed by atoms with Crippen LogP contribution in [0.3, 0.4) is 0 Å². The molecule has 1 saturated carbocycles. The van der Waals surface area contributed by atoms with E-state index in [4.69, 9.17) is 4.74 Å². The van der Waals surface area contributed by atoms with E-state index in [1.54, 1.807) is 7.05 Å². The first-order valence-corrected chi connectivity index (χ1v) is 7.08. The summed E-state index contributed by atoms with van der Waals surface area (Å²) >= 11 is 0. The molecule has 0 aromatic heterocycles. The summed E-state index contributed by atoms with van der Waals surface area (Å²) in [5, 5.41) is 8.50. The molecule has 1 fully saturated rings. The van der Waals surface area contributed by atoms with Gasteiger partial charge in [0.05, 0.1) is 6.54 Å². The fraction of sp³-hybridized carbons (Fsp3) is 0.467. The van der Waals surface area contributed by atoms with Gasteiger partial charge in [-0.15, -0.1) is 0 Å². The van der Waals surface area contributed by atoms with Crippen LogP contribution in [0, 0.1) is 0 Å². The first kappa shape index (κ1) is 15.3. The normalized spacial score (nSPS) is 20.2. The summed E-state index contributed by atoms with van der Waals surface area (Å²) in [6, 6.07) is 9.96. The molecule has 0 heterocycles. The highest BCUT2D eigenvalue weighted by atomic mass is 16.5. The molecule has 1 aromatic rings. The van der Waals surface area contributed by atoms with E-state index < -0.39 is 6.09 Å². The molecule has 21 heavy (non-hydrogen) atoms. The van der Waals surface area contributed by atoms with Crippen LogP contribution in [0.4, 0.5) is 4.79 Å². The molecule has 2 rings (SSSR count). The second kappa shape index (κ2) is 7.64. The third kappa shape index (κ3) is 5.07. The second-order valence-corrected chi connectivity index (χ2v) is 5.13. The molecule has 6 heteroatoms. The van der Waals surface area contributed by atoms with E-state index in [1.807, 2.05) is 30.3 Å². The maximum atomic E-state index is 11.6. The van der Waals surface area contributed by atoms with Crippen molar-refractivity contribution in [1.82, 2.24) is 16.0 Å². The first-order valence-electron chi connectivity index (χ1n) is 7.08. The summed E-state index contributed by atoms with van der Waals surface area (Å²) in [5.74, 6) is -0.0336. The Bertz CT molecular complexity index is 472. The van der Waals surface area contributed by atoms with Crippen LogP contribution in [-0.2, 0) is 16.1 Å². The van der Waals surface area contributed by atoms with E-state index in [2.05, 4.69) is 16.0 Å². The van der Waals surface area contributed by atoms with Gasteiger partial charge in [-0.05, 0) is 18.4 Å². The monoisotopic (exact) mass is 291 g/mol. The summed E-state index contributed by atoms with van der Waals surface area (Å²) < 4.78 is 5.15. The van der Waals surface area contributed by atoms with Crippen molar-refractivity contribution >= 4 is 12.0 Å². The summed E-state index contributed by atoms with van der Waals surface area (Å²) in [6.45, 7) is 0.587. The molecule has 114 valence electrons. The Hall–Kier alpha value is -2.08. The van der Waals surface area contributed by atoms with Crippen LogP contribution in [-0.4, -0.2) is 37.7 Å². The molecule has 3 N–H and O–H groups in total. The van der Waals surface area contributed by atoms with Crippen molar-refractivity contribution < 1.29 is 14.3 Å². The molecule has 0 radical (unpaired) electrons. The van der Waals surface area contributed by atoms with Gasteiger partial charge < -0.3 is 20.7 Å². The van der Waals surface area contributed by atoms with Gasteiger partial charge in [0.1, 0.15) is 6.61 Å². The number of carbonyl (C=O) groups is 2. The Morgan fingerprint density at radius 2 is 1.90 bits per heavy atom. The van der Waals surface area contributed by atoms with E-state index in [0.717, 1.165) is 18.4 Å². The Morgan fingerprint density at radius 1 is 1.19 bits per heavy atom. The lowest BCUT2D eigenvalue weighted by molar-refractivity contribution is -0.120. The molecular formula is C15H21N3O3. The third-order valence-corrected chi connectivity index (χ3v) is 3.50. The first-order chi connectivity index (χ1) is 10.2. The smallest absolute Gasteiger partial charge is 0.407 e. The van der Waals surface area contributed by atoms with E-state index in [0.29, 0.717) is 6.54 Å². The number of nitrogens with one attached hydrogen (secondary N) is 3. The quantitative estimate of drug-likeness (QED) is 0.723. The van der Waals surface area contributed by atoms with Gasteiger partial charge in [-0.2, -0.15) is 0 Å². The molecule has 0 atom stereocenters. The predicted octanol–water partition coefficient (Wildman–Crippen LogP) is 0.779. The van der Waals surface area contributed by atoms with E-state index >= 15 is 0 Å². The van der Waals surface area contributed by atoms with Crippen LogP contribution in [0.2, 0.25) is 0 Å². The van der Waals surface area contributed by atoms with E-state index in [-0.39, 0.29) is 24.6 Å². The molecule has 6 nitrogen and oxygen atoms in total. The fourth-order valence-corrected chi connectivity index (χ4v) is 2.16. The highest BCUT2D eigenvalue weighted by molar-refractivity contribution is 5.77. The molecule has 0 bridgehead atoms. The largest absolute Gasteiger partial charge is 0.445 e. The van der Waals surface area contributed by atoms with Crippen LogP contribution in [0.5, 0.6) is 0 Å². The number of hydrogen-bond acceptors (Lipinski definition) is 4. The van der Waals surface area contributed by atoms with Crippen LogP contribution in [0.1, 0.15) is 18.4 Å². The number of likely N-dealkylation sites (N-methyl/N-ethyl adjacent to an activating group) is 1. The number of rotatable bonds is 6. The number of ether oxygens (including phenoxy) is 1. The van der Waals surface area contributed by atoms with Crippen molar-refractivity contribution in [1.29, 1.82) is 0 Å². The molecule has 1 aliphatic carbocycles. The number of amides is 2. The maximum Gasteiger partial charge on any atom is 0.407 e. The van der Waals surface area contributed by atoms with Gasteiger partial charge in [0.15, 0.2) is 0 Å². The van der Waals surface area contributed by atoms with E-state index in [1.165, 1.54) is 0 Å². The lowest BCUT2D eigenvalue weighted by Gasteiger charge is -2.35. The molecular weight excluding hydrogens is 270 g/mol. The fourth-order valence-electron chi connectivity index (χ4n) is 2.16. The van der Waals surface area contributed by atoms with Crippen molar-refractivity contribution in [3.05, 3.63) is 35.9 Å². The van der Waals surface area contributed by atoms with Crippen LogP contribution < -0.4 is 16.0 Å². The summed E-state index contributed by atoms with van der Waals surface area (Å²) in [7, 11) is 1.61. The number of benzene rings is 1. The van der Waals surface area contributed by atoms with Gasteiger partial charge in [-0.25, -0.2) is 4.79 Å². The van der Waals surface area contributed by atoms with Crippen molar-refractivity contribution in [3.8, 4) is 0 Å². The number of carbonyl (C=O) groups excluding carboxylic acids is 2. The minimum Gasteiger partial charge on any atom is -0.445 e. The molecule has 2 amide bonds.